The van der Waals surface area contributed by atoms with Gasteiger partial charge in [0, 0.05) is 55.6 Å². The van der Waals surface area contributed by atoms with Crippen molar-refractivity contribution >= 4 is 17.4 Å². The Morgan fingerprint density at radius 3 is 2.85 bits per heavy atom. The smallest absolute Gasteiger partial charge is 0.253 e. The number of nitrogens with zero attached hydrogens (tertiary/aromatic N) is 6. The second-order valence-corrected chi connectivity index (χ2v) is 8.50. The van der Waals surface area contributed by atoms with Crippen LogP contribution in [0.4, 0.5) is 5.82 Å². The van der Waals surface area contributed by atoms with Crippen LogP contribution in [0.2, 0.25) is 0 Å². The van der Waals surface area contributed by atoms with Crippen LogP contribution in [0, 0.1) is 0 Å². The molecule has 1 saturated heterocycles. The van der Waals surface area contributed by atoms with E-state index in [2.05, 4.69) is 25.8 Å². The molecule has 0 bridgehead atoms. The molecule has 4 aromatic heterocycles. The fourth-order valence-electron chi connectivity index (χ4n) is 3.87. The molecule has 1 amide bonds. The van der Waals surface area contributed by atoms with Crippen LogP contribution < -0.4 is 10.6 Å². The number of fused-ring (bicyclic) bond motifs is 1. The molecule has 1 atom stereocenters. The topological polar surface area (TPSA) is 111 Å². The molecule has 0 saturated carbocycles. The highest BCUT2D eigenvalue weighted by Gasteiger charge is 2.21. The first-order valence-corrected chi connectivity index (χ1v) is 11.0. The van der Waals surface area contributed by atoms with E-state index in [9.17, 15) is 4.79 Å². The summed E-state index contributed by atoms with van der Waals surface area (Å²) in [5.41, 5.74) is 4.38. The number of nitrogens with one attached hydrogen (secondary N) is 2. The molecule has 2 N–H and O–H groups in total. The Kier molecular flexibility index (Phi) is 5.51. The van der Waals surface area contributed by atoms with Gasteiger partial charge < -0.3 is 15.4 Å². The molecule has 0 aromatic carbocycles. The summed E-state index contributed by atoms with van der Waals surface area (Å²) in [4.78, 5) is 21.7. The number of rotatable bonds is 6. The molecule has 1 unspecified atom stereocenters. The van der Waals surface area contributed by atoms with E-state index in [4.69, 9.17) is 9.72 Å². The van der Waals surface area contributed by atoms with Crippen LogP contribution in [-0.4, -0.2) is 60.6 Å². The molecule has 10 heteroatoms. The van der Waals surface area contributed by atoms with Crippen LogP contribution in [0.15, 0.2) is 43.1 Å². The molecule has 1 fully saturated rings. The minimum atomic E-state index is -0.162. The zero-order valence-corrected chi connectivity index (χ0v) is 18.8. The zero-order valence-electron chi connectivity index (χ0n) is 18.8. The summed E-state index contributed by atoms with van der Waals surface area (Å²) in [5, 5.41) is 15.5. The summed E-state index contributed by atoms with van der Waals surface area (Å²) >= 11 is 0. The van der Waals surface area contributed by atoms with Gasteiger partial charge in [-0.15, -0.1) is 0 Å². The van der Waals surface area contributed by atoms with Crippen LogP contribution in [0.25, 0.3) is 28.0 Å². The first kappa shape index (κ1) is 21.1. The first-order chi connectivity index (χ1) is 16.0. The zero-order chi connectivity index (χ0) is 22.9. The van der Waals surface area contributed by atoms with Crippen molar-refractivity contribution in [2.75, 3.05) is 18.5 Å². The Morgan fingerprint density at radius 1 is 1.24 bits per heavy atom. The molecule has 170 valence electrons. The van der Waals surface area contributed by atoms with Gasteiger partial charge in [-0.25, -0.2) is 9.50 Å². The van der Waals surface area contributed by atoms with Crippen molar-refractivity contribution in [2.45, 2.75) is 32.4 Å². The van der Waals surface area contributed by atoms with E-state index in [0.717, 1.165) is 41.2 Å². The number of pyridine rings is 1. The monoisotopic (exact) mass is 446 g/mol. The Balaban J connectivity index is 1.58. The van der Waals surface area contributed by atoms with E-state index in [0.29, 0.717) is 17.8 Å². The maximum absolute atomic E-state index is 12.5. The first-order valence-electron chi connectivity index (χ1n) is 11.0. The summed E-state index contributed by atoms with van der Waals surface area (Å²) < 4.78 is 9.03. The van der Waals surface area contributed by atoms with E-state index in [1.807, 2.05) is 45.4 Å². The number of hydrogen-bond donors (Lipinski definition) is 2. The fourth-order valence-corrected chi connectivity index (χ4v) is 3.87. The lowest BCUT2D eigenvalue weighted by molar-refractivity contribution is 0.0943. The number of aryl methyl sites for hydroxylation is 1. The van der Waals surface area contributed by atoms with Gasteiger partial charge in [0.15, 0.2) is 5.65 Å². The molecule has 4 aromatic rings. The summed E-state index contributed by atoms with van der Waals surface area (Å²) in [7, 11) is 1.88. The number of aromatic nitrogens is 6. The van der Waals surface area contributed by atoms with Gasteiger partial charge in [0.05, 0.1) is 35.7 Å². The SMILES string of the molecule is CC(C)NC(=O)c1cncc(-c2cnn3cc(-c4ccn(C)n4)c(NC4CCOC4)nc23)c1. The molecule has 10 nitrogen and oxygen atoms in total. The van der Waals surface area contributed by atoms with Gasteiger partial charge in [-0.3, -0.25) is 14.5 Å². The normalized spacial score (nSPS) is 15.9. The summed E-state index contributed by atoms with van der Waals surface area (Å²) in [6.45, 7) is 5.21. The molecule has 0 aliphatic carbocycles. The van der Waals surface area contributed by atoms with Crippen molar-refractivity contribution in [1.29, 1.82) is 0 Å². The molecule has 33 heavy (non-hydrogen) atoms. The second-order valence-electron chi connectivity index (χ2n) is 8.50. The minimum absolute atomic E-state index is 0.0398. The van der Waals surface area contributed by atoms with Crippen molar-refractivity contribution in [3.63, 3.8) is 0 Å². The molecular formula is C23H26N8O2. The standard InChI is InChI=1S/C23H26N8O2/c1-14(2)26-23(32)16-8-15(9-24-10-16)18-11-25-31-12-19(20-4-6-30(3)29-20)21(28-22(18)31)27-17-5-7-33-13-17/h4,6,8-12,14,17H,5,7,13H2,1-3H3,(H,26,32)(H,27,28). The van der Waals surface area contributed by atoms with E-state index in [1.54, 1.807) is 27.8 Å². The maximum atomic E-state index is 12.5. The fraction of sp³-hybridized carbons (Fsp3) is 0.348. The predicted molar refractivity (Wildman–Crippen MR) is 124 cm³/mol. The van der Waals surface area contributed by atoms with Gasteiger partial charge in [-0.05, 0) is 32.4 Å². The molecule has 0 spiro atoms. The van der Waals surface area contributed by atoms with Gasteiger partial charge in [-0.2, -0.15) is 10.2 Å². The minimum Gasteiger partial charge on any atom is -0.379 e. The molecule has 1 aliphatic rings. The van der Waals surface area contributed by atoms with E-state index in [-0.39, 0.29) is 18.0 Å². The Labute approximate surface area is 191 Å². The van der Waals surface area contributed by atoms with Crippen molar-refractivity contribution in [3.05, 3.63) is 48.7 Å². The van der Waals surface area contributed by atoms with Gasteiger partial charge in [-0.1, -0.05) is 0 Å². The molecule has 5 rings (SSSR count). The lowest BCUT2D eigenvalue weighted by atomic mass is 10.1. The summed E-state index contributed by atoms with van der Waals surface area (Å²) in [6.07, 6.45) is 9.76. The third-order valence-corrected chi connectivity index (χ3v) is 5.48. The Bertz CT molecular complexity index is 1300. The second kappa shape index (κ2) is 8.62. The number of carbonyl (C=O) groups is 1. The summed E-state index contributed by atoms with van der Waals surface area (Å²) in [6, 6.07) is 3.98. The van der Waals surface area contributed by atoms with E-state index in [1.165, 1.54) is 0 Å². The average molecular weight is 447 g/mol. The lowest BCUT2D eigenvalue weighted by Crippen LogP contribution is -2.30. The van der Waals surface area contributed by atoms with Crippen molar-refractivity contribution in [3.8, 4) is 22.4 Å². The van der Waals surface area contributed by atoms with E-state index >= 15 is 0 Å². The average Bonchev–Trinajstić information content (AvgIpc) is 3.54. The van der Waals surface area contributed by atoms with Gasteiger partial charge >= 0.3 is 0 Å². The highest BCUT2D eigenvalue weighted by molar-refractivity contribution is 5.95. The Hall–Kier alpha value is -3.79. The highest BCUT2D eigenvalue weighted by Crippen LogP contribution is 2.31. The van der Waals surface area contributed by atoms with Crippen LogP contribution in [0.3, 0.4) is 0 Å². The third kappa shape index (κ3) is 4.29. The largest absolute Gasteiger partial charge is 0.379 e. The molecule has 0 radical (unpaired) electrons. The van der Waals surface area contributed by atoms with Crippen LogP contribution in [-0.2, 0) is 11.8 Å². The van der Waals surface area contributed by atoms with Crippen LogP contribution >= 0.6 is 0 Å². The number of amides is 1. The third-order valence-electron chi connectivity index (χ3n) is 5.48. The van der Waals surface area contributed by atoms with Gasteiger partial charge in [0.25, 0.3) is 5.91 Å². The number of carbonyl (C=O) groups excluding carboxylic acids is 1. The number of ether oxygens (including phenoxy) is 1. The summed E-state index contributed by atoms with van der Waals surface area (Å²) in [5.74, 6) is 0.560. The highest BCUT2D eigenvalue weighted by atomic mass is 16.5. The van der Waals surface area contributed by atoms with Crippen molar-refractivity contribution in [2.24, 2.45) is 7.05 Å². The number of hydrogen-bond acceptors (Lipinski definition) is 7. The lowest BCUT2D eigenvalue weighted by Gasteiger charge is -2.15. The van der Waals surface area contributed by atoms with Crippen molar-refractivity contribution in [1.82, 2.24) is 34.7 Å². The number of anilines is 1. The quantitative estimate of drug-likeness (QED) is 0.468. The van der Waals surface area contributed by atoms with E-state index < -0.39 is 0 Å². The maximum Gasteiger partial charge on any atom is 0.253 e. The van der Waals surface area contributed by atoms with Crippen LogP contribution in [0.5, 0.6) is 0 Å². The van der Waals surface area contributed by atoms with Crippen LogP contribution in [0.1, 0.15) is 30.6 Å². The van der Waals surface area contributed by atoms with Gasteiger partial charge in [0.2, 0.25) is 0 Å². The van der Waals surface area contributed by atoms with Crippen molar-refractivity contribution < 1.29 is 9.53 Å². The molecule has 5 heterocycles. The van der Waals surface area contributed by atoms with Gasteiger partial charge in [0.1, 0.15) is 5.82 Å². The molecular weight excluding hydrogens is 420 g/mol. The Morgan fingerprint density at radius 2 is 2.12 bits per heavy atom. The predicted octanol–water partition coefficient (Wildman–Crippen LogP) is 2.53. The molecule has 1 aliphatic heterocycles.